The molecule has 0 aliphatic carbocycles. The Bertz CT molecular complexity index is 629. The van der Waals surface area contributed by atoms with E-state index in [1.54, 1.807) is 7.05 Å². The van der Waals surface area contributed by atoms with E-state index in [4.69, 9.17) is 11.5 Å². The largest absolute Gasteiger partial charge is 0.573 e. The molecule has 7 nitrogen and oxygen atoms in total. The molecule has 23 heavy (non-hydrogen) atoms. The number of amides is 1. The Morgan fingerprint density at radius 3 is 2.57 bits per heavy atom. The Labute approximate surface area is 130 Å². The number of carbonyl (C=O) groups excluding carboxylic acids is 1. The number of nitrogens with two attached hydrogens (primary N) is 2. The predicted octanol–water partition coefficient (Wildman–Crippen LogP) is 0.769. The number of anilines is 1. The van der Waals surface area contributed by atoms with Crippen LogP contribution in [-0.4, -0.2) is 49.8 Å². The normalized spacial score (nSPS) is 16.3. The molecule has 0 saturated carbocycles. The Hall–Kier alpha value is -2.49. The topological polar surface area (TPSA) is 97.2 Å². The molecule has 1 fully saturated rings. The maximum Gasteiger partial charge on any atom is 0.573 e. The van der Waals surface area contributed by atoms with Crippen molar-refractivity contribution in [2.75, 3.05) is 31.6 Å². The van der Waals surface area contributed by atoms with E-state index < -0.39 is 18.1 Å². The monoisotopic (exact) mass is 331 g/mol. The Kier molecular flexibility index (Phi) is 4.64. The zero-order valence-electron chi connectivity index (χ0n) is 12.3. The third kappa shape index (κ3) is 4.49. The van der Waals surface area contributed by atoms with Crippen LogP contribution < -0.4 is 21.1 Å². The molecule has 1 heterocycles. The number of hydrogen-bond donors (Lipinski definition) is 2. The van der Waals surface area contributed by atoms with E-state index >= 15 is 0 Å². The summed E-state index contributed by atoms with van der Waals surface area (Å²) in [6.07, 6.45) is -4.88. The van der Waals surface area contributed by atoms with Crippen LogP contribution in [0.4, 0.5) is 24.5 Å². The molecule has 1 aromatic carbocycles. The second-order valence-electron chi connectivity index (χ2n) is 5.02. The van der Waals surface area contributed by atoms with Gasteiger partial charge >= 0.3 is 6.36 Å². The number of likely N-dealkylation sites (N-methyl/N-ethyl adjacent to an activating group) is 1. The maximum absolute atomic E-state index is 12.4. The minimum Gasteiger partial charge on any atom is -0.403 e. The number of rotatable bonds is 3. The summed E-state index contributed by atoms with van der Waals surface area (Å²) in [6, 6.07) is 3.72. The summed E-state index contributed by atoms with van der Waals surface area (Å²) in [5, 5.41) is 0. The maximum atomic E-state index is 12.4. The molecule has 0 radical (unpaired) electrons. The summed E-state index contributed by atoms with van der Waals surface area (Å²) in [5.74, 6) is -1.13. The first kappa shape index (κ1) is 16.9. The highest BCUT2D eigenvalue weighted by atomic mass is 19.4. The predicted molar refractivity (Wildman–Crippen MR) is 78.4 cm³/mol. The second-order valence-corrected chi connectivity index (χ2v) is 5.02. The van der Waals surface area contributed by atoms with Crippen molar-refractivity contribution >= 4 is 23.2 Å². The van der Waals surface area contributed by atoms with E-state index in [-0.39, 0.29) is 18.1 Å². The van der Waals surface area contributed by atoms with Crippen molar-refractivity contribution in [2.24, 2.45) is 16.5 Å². The average Bonchev–Trinajstić information content (AvgIpc) is 2.39. The van der Waals surface area contributed by atoms with Gasteiger partial charge < -0.3 is 21.1 Å². The second kappa shape index (κ2) is 6.32. The molecule has 1 aliphatic heterocycles. The number of hydrogen-bond acceptors (Lipinski definition) is 4. The molecule has 10 heteroatoms. The molecular formula is C13H16F3N5O2. The molecule has 1 amide bonds. The molecule has 0 atom stereocenters. The lowest BCUT2D eigenvalue weighted by atomic mass is 10.2. The smallest absolute Gasteiger partial charge is 0.403 e. The molecule has 1 aromatic rings. The van der Waals surface area contributed by atoms with Crippen molar-refractivity contribution in [1.82, 2.24) is 4.90 Å². The molecular weight excluding hydrogens is 315 g/mol. The zero-order chi connectivity index (χ0) is 17.2. The van der Waals surface area contributed by atoms with Gasteiger partial charge in [-0.15, -0.1) is 13.2 Å². The highest BCUT2D eigenvalue weighted by Crippen LogP contribution is 2.36. The van der Waals surface area contributed by atoms with E-state index in [9.17, 15) is 18.0 Å². The van der Waals surface area contributed by atoms with Crippen LogP contribution in [0.5, 0.6) is 5.75 Å². The zero-order valence-corrected chi connectivity index (χ0v) is 12.3. The van der Waals surface area contributed by atoms with Gasteiger partial charge in [0.05, 0.1) is 6.54 Å². The molecule has 1 saturated heterocycles. The van der Waals surface area contributed by atoms with Crippen LogP contribution in [0.3, 0.4) is 0 Å². The van der Waals surface area contributed by atoms with Gasteiger partial charge in [0.25, 0.3) is 0 Å². The van der Waals surface area contributed by atoms with Crippen molar-refractivity contribution < 1.29 is 22.7 Å². The number of piperazine rings is 1. The van der Waals surface area contributed by atoms with Crippen LogP contribution in [0.1, 0.15) is 0 Å². The number of benzene rings is 1. The highest BCUT2D eigenvalue weighted by Gasteiger charge is 2.32. The third-order valence-corrected chi connectivity index (χ3v) is 3.14. The van der Waals surface area contributed by atoms with Gasteiger partial charge in [0.15, 0.2) is 11.7 Å². The molecule has 1 aliphatic rings. The quantitative estimate of drug-likeness (QED) is 0.630. The van der Waals surface area contributed by atoms with Gasteiger partial charge in [-0.25, -0.2) is 4.99 Å². The SMILES string of the molecule is CN1CCN(c2ccc(OC(F)(F)F)c(N=C(N)N)c2)C(=O)C1. The molecule has 4 N–H and O–H groups in total. The van der Waals surface area contributed by atoms with Gasteiger partial charge in [-0.05, 0) is 25.2 Å². The Balaban J connectivity index is 2.36. The summed E-state index contributed by atoms with van der Waals surface area (Å²) < 4.78 is 41.1. The van der Waals surface area contributed by atoms with Crippen molar-refractivity contribution in [1.29, 1.82) is 0 Å². The number of carbonyl (C=O) groups is 1. The minimum absolute atomic E-state index is 0.168. The van der Waals surface area contributed by atoms with Crippen molar-refractivity contribution in [3.63, 3.8) is 0 Å². The Morgan fingerprint density at radius 1 is 1.30 bits per heavy atom. The van der Waals surface area contributed by atoms with E-state index in [1.165, 1.54) is 17.0 Å². The number of alkyl halides is 3. The molecule has 126 valence electrons. The van der Waals surface area contributed by atoms with Gasteiger partial charge in [0.1, 0.15) is 5.69 Å². The van der Waals surface area contributed by atoms with E-state index in [0.717, 1.165) is 6.07 Å². The van der Waals surface area contributed by atoms with Gasteiger partial charge in [-0.1, -0.05) is 0 Å². The van der Waals surface area contributed by atoms with Gasteiger partial charge in [-0.2, -0.15) is 0 Å². The molecule has 0 unspecified atom stereocenters. The van der Waals surface area contributed by atoms with Gasteiger partial charge in [0.2, 0.25) is 5.91 Å². The number of nitrogens with zero attached hydrogens (tertiary/aromatic N) is 3. The highest BCUT2D eigenvalue weighted by molar-refractivity contribution is 5.96. The first-order chi connectivity index (χ1) is 10.7. The van der Waals surface area contributed by atoms with E-state index in [0.29, 0.717) is 18.8 Å². The number of aliphatic imine (C=N–C) groups is 1. The molecule has 0 aromatic heterocycles. The fourth-order valence-corrected chi connectivity index (χ4v) is 2.17. The molecule has 2 rings (SSSR count). The summed E-state index contributed by atoms with van der Waals surface area (Å²) in [4.78, 5) is 19.0. The number of ether oxygens (including phenoxy) is 1. The lowest BCUT2D eigenvalue weighted by Crippen LogP contribution is -2.48. The van der Waals surface area contributed by atoms with E-state index in [1.807, 2.05) is 4.90 Å². The van der Waals surface area contributed by atoms with Crippen LogP contribution in [-0.2, 0) is 4.79 Å². The summed E-state index contributed by atoms with van der Waals surface area (Å²) in [7, 11) is 1.81. The van der Waals surface area contributed by atoms with Crippen LogP contribution >= 0.6 is 0 Å². The summed E-state index contributed by atoms with van der Waals surface area (Å²) in [5.41, 5.74) is 10.7. The standard InChI is InChI=1S/C13H16F3N5O2/c1-20-4-5-21(11(22)7-20)8-2-3-10(23-13(14,15)16)9(6-8)19-12(17)18/h2-3,6H,4-5,7H2,1H3,(H4,17,18,19). The number of guanidine groups is 1. The third-order valence-electron chi connectivity index (χ3n) is 3.14. The van der Waals surface area contributed by atoms with Crippen molar-refractivity contribution in [3.05, 3.63) is 18.2 Å². The summed E-state index contributed by atoms with van der Waals surface area (Å²) in [6.45, 7) is 1.28. The minimum atomic E-state index is -4.88. The molecule has 0 bridgehead atoms. The van der Waals surface area contributed by atoms with Crippen LogP contribution in [0, 0.1) is 0 Å². The van der Waals surface area contributed by atoms with Crippen LogP contribution in [0.15, 0.2) is 23.2 Å². The van der Waals surface area contributed by atoms with Gasteiger partial charge in [-0.3, -0.25) is 9.69 Å². The lowest BCUT2D eigenvalue weighted by Gasteiger charge is -2.32. The fourth-order valence-electron chi connectivity index (χ4n) is 2.17. The average molecular weight is 331 g/mol. The Morgan fingerprint density at radius 2 is 2.00 bits per heavy atom. The van der Waals surface area contributed by atoms with Crippen molar-refractivity contribution in [2.45, 2.75) is 6.36 Å². The summed E-state index contributed by atoms with van der Waals surface area (Å²) >= 11 is 0. The number of halogens is 3. The van der Waals surface area contributed by atoms with E-state index in [2.05, 4.69) is 9.73 Å². The van der Waals surface area contributed by atoms with Crippen LogP contribution in [0.2, 0.25) is 0 Å². The van der Waals surface area contributed by atoms with Gasteiger partial charge in [0, 0.05) is 18.8 Å². The van der Waals surface area contributed by atoms with Crippen LogP contribution in [0.25, 0.3) is 0 Å². The fraction of sp³-hybridized carbons (Fsp3) is 0.385. The molecule has 0 spiro atoms. The first-order valence-corrected chi connectivity index (χ1v) is 6.64. The van der Waals surface area contributed by atoms with Crippen molar-refractivity contribution in [3.8, 4) is 5.75 Å². The first-order valence-electron chi connectivity index (χ1n) is 6.64. The lowest BCUT2D eigenvalue weighted by molar-refractivity contribution is -0.274.